The van der Waals surface area contributed by atoms with E-state index in [-0.39, 0.29) is 23.2 Å². The van der Waals surface area contributed by atoms with E-state index in [4.69, 9.17) is 9.47 Å². The number of hydrogen-bond acceptors (Lipinski definition) is 6. The monoisotopic (exact) mass is 448 g/mol. The zero-order valence-electron chi connectivity index (χ0n) is 18.6. The molecule has 2 heterocycles. The Labute approximate surface area is 196 Å². The normalized spacial score (nSPS) is 17.6. The smallest absolute Gasteiger partial charge is 0.363 e. The molecule has 0 aliphatic carbocycles. The van der Waals surface area contributed by atoms with Gasteiger partial charge in [-0.05, 0) is 55.3 Å². The van der Waals surface area contributed by atoms with E-state index in [0.29, 0.717) is 11.1 Å². The second-order valence-corrected chi connectivity index (χ2v) is 8.07. The van der Waals surface area contributed by atoms with Crippen molar-refractivity contribution in [2.75, 3.05) is 0 Å². The molecule has 6 nitrogen and oxygen atoms in total. The summed E-state index contributed by atoms with van der Waals surface area (Å²) in [5.74, 6) is -0.668. The summed E-state index contributed by atoms with van der Waals surface area (Å²) < 4.78 is 10.8. The van der Waals surface area contributed by atoms with Gasteiger partial charge in [0, 0.05) is 11.1 Å². The highest BCUT2D eigenvalue weighted by atomic mass is 16.6. The van der Waals surface area contributed by atoms with Crippen LogP contribution in [0.5, 0.6) is 0 Å². The lowest BCUT2D eigenvalue weighted by Gasteiger charge is -2.03. The lowest BCUT2D eigenvalue weighted by Crippen LogP contribution is -2.09. The van der Waals surface area contributed by atoms with Crippen LogP contribution in [0, 0.1) is 13.8 Å². The van der Waals surface area contributed by atoms with Crippen LogP contribution in [0.1, 0.15) is 33.4 Å². The van der Waals surface area contributed by atoms with Crippen molar-refractivity contribution in [3.63, 3.8) is 0 Å². The molecule has 166 valence electrons. The third-order valence-corrected chi connectivity index (χ3v) is 5.36. The van der Waals surface area contributed by atoms with Crippen LogP contribution in [0.3, 0.4) is 0 Å². The highest BCUT2D eigenvalue weighted by Crippen LogP contribution is 2.23. The first-order valence-electron chi connectivity index (χ1n) is 10.7. The second-order valence-electron chi connectivity index (χ2n) is 8.07. The van der Waals surface area contributed by atoms with Crippen LogP contribution in [-0.4, -0.2) is 23.7 Å². The van der Waals surface area contributed by atoms with Crippen molar-refractivity contribution in [2.24, 2.45) is 9.98 Å². The first-order valence-corrected chi connectivity index (χ1v) is 10.7. The third-order valence-electron chi connectivity index (χ3n) is 5.36. The van der Waals surface area contributed by atoms with Gasteiger partial charge in [-0.25, -0.2) is 19.6 Å². The molecule has 0 N–H and O–H groups in total. The van der Waals surface area contributed by atoms with Crippen LogP contribution in [-0.2, 0) is 19.1 Å². The maximum absolute atomic E-state index is 12.3. The Morgan fingerprint density at radius 1 is 0.618 bits per heavy atom. The zero-order valence-corrected chi connectivity index (χ0v) is 18.6. The molecule has 0 fully saturated rings. The lowest BCUT2D eigenvalue weighted by molar-refractivity contribution is -0.130. The summed E-state index contributed by atoms with van der Waals surface area (Å²) in [6.45, 7) is 3.99. The molecule has 2 aliphatic rings. The maximum Gasteiger partial charge on any atom is 0.363 e. The summed E-state index contributed by atoms with van der Waals surface area (Å²) in [6.07, 6.45) is 3.37. The highest BCUT2D eigenvalue weighted by Gasteiger charge is 2.27. The Hall–Kier alpha value is -4.58. The summed E-state index contributed by atoms with van der Waals surface area (Å²) in [7, 11) is 0. The minimum absolute atomic E-state index is 0.186. The van der Waals surface area contributed by atoms with Crippen LogP contribution in [0.2, 0.25) is 0 Å². The molecule has 0 radical (unpaired) electrons. The van der Waals surface area contributed by atoms with Crippen LogP contribution in [0.4, 0.5) is 0 Å². The Morgan fingerprint density at radius 2 is 1.03 bits per heavy atom. The predicted molar refractivity (Wildman–Crippen MR) is 130 cm³/mol. The number of carbonyl (C=O) groups excluding carboxylic acids is 2. The fourth-order valence-corrected chi connectivity index (χ4v) is 3.49. The zero-order chi connectivity index (χ0) is 23.7. The van der Waals surface area contributed by atoms with Crippen molar-refractivity contribution in [2.45, 2.75) is 13.8 Å². The summed E-state index contributed by atoms with van der Waals surface area (Å²) in [4.78, 5) is 33.4. The van der Waals surface area contributed by atoms with Gasteiger partial charge in [0.05, 0.1) is 0 Å². The fraction of sp³-hybridized carbons (Fsp3) is 0.0714. The largest absolute Gasteiger partial charge is 0.402 e. The number of carbonyl (C=O) groups is 2. The molecule has 3 aromatic carbocycles. The molecule has 0 saturated heterocycles. The van der Waals surface area contributed by atoms with E-state index in [0.717, 1.165) is 22.3 Å². The van der Waals surface area contributed by atoms with E-state index in [2.05, 4.69) is 9.98 Å². The number of aryl methyl sites for hydroxylation is 2. The number of cyclic esters (lactones) is 2. The van der Waals surface area contributed by atoms with Crippen LogP contribution in [0.25, 0.3) is 12.2 Å². The van der Waals surface area contributed by atoms with Gasteiger partial charge in [-0.2, -0.15) is 0 Å². The van der Waals surface area contributed by atoms with Gasteiger partial charge in [0.2, 0.25) is 11.8 Å². The summed E-state index contributed by atoms with van der Waals surface area (Å²) in [6, 6.07) is 22.5. The SMILES string of the molecule is Cc1ccc(/C=C2/N=C(c3cccc(C4=N/C(=C/c5ccc(C)cc5)C(=O)O4)c3)OC2=O)cc1. The molecule has 0 saturated carbocycles. The van der Waals surface area contributed by atoms with Gasteiger partial charge in [-0.1, -0.05) is 65.7 Å². The Balaban J connectivity index is 1.41. The molecular weight excluding hydrogens is 428 g/mol. The first-order chi connectivity index (χ1) is 16.4. The predicted octanol–water partition coefficient (Wildman–Crippen LogP) is 4.99. The van der Waals surface area contributed by atoms with Crippen molar-refractivity contribution in [1.29, 1.82) is 0 Å². The van der Waals surface area contributed by atoms with E-state index < -0.39 is 11.9 Å². The number of nitrogens with zero attached hydrogens (tertiary/aromatic N) is 2. The van der Waals surface area contributed by atoms with Crippen molar-refractivity contribution in [3.05, 3.63) is 118 Å². The van der Waals surface area contributed by atoms with Gasteiger partial charge in [0.25, 0.3) is 0 Å². The molecule has 3 aromatic rings. The molecule has 0 bridgehead atoms. The van der Waals surface area contributed by atoms with Crippen molar-refractivity contribution in [1.82, 2.24) is 0 Å². The van der Waals surface area contributed by atoms with Gasteiger partial charge in [-0.15, -0.1) is 0 Å². The molecule has 0 amide bonds. The molecule has 2 aliphatic heterocycles. The Morgan fingerprint density at radius 3 is 1.44 bits per heavy atom. The Kier molecular flexibility index (Phi) is 5.47. The average molecular weight is 448 g/mol. The first kappa shape index (κ1) is 21.3. The Bertz CT molecular complexity index is 1320. The van der Waals surface area contributed by atoms with Crippen molar-refractivity contribution < 1.29 is 19.1 Å². The molecular formula is C28H20N2O4. The average Bonchev–Trinajstić information content (AvgIpc) is 3.39. The maximum atomic E-state index is 12.3. The van der Waals surface area contributed by atoms with Gasteiger partial charge in [0.15, 0.2) is 11.4 Å². The molecule has 5 rings (SSSR count). The molecule has 0 aromatic heterocycles. The van der Waals surface area contributed by atoms with E-state index in [9.17, 15) is 9.59 Å². The summed E-state index contributed by atoms with van der Waals surface area (Å²) in [5.41, 5.74) is 5.57. The van der Waals surface area contributed by atoms with Crippen LogP contribution >= 0.6 is 0 Å². The number of ether oxygens (including phenoxy) is 2. The van der Waals surface area contributed by atoms with Gasteiger partial charge in [0.1, 0.15) is 0 Å². The lowest BCUT2D eigenvalue weighted by atomic mass is 10.1. The quantitative estimate of drug-likeness (QED) is 0.416. The molecule has 6 heteroatoms. The van der Waals surface area contributed by atoms with Gasteiger partial charge < -0.3 is 9.47 Å². The standard InChI is InChI=1S/C28H20N2O4/c1-17-6-10-19(11-7-17)14-23-27(31)33-25(29-23)21-4-3-5-22(16-21)26-30-24(28(32)34-26)15-20-12-8-18(2)9-13-20/h3-16H,1-2H3/b23-14+,24-15+. The minimum Gasteiger partial charge on any atom is -0.402 e. The molecule has 0 unspecified atom stereocenters. The molecule has 34 heavy (non-hydrogen) atoms. The minimum atomic E-state index is -0.520. The summed E-state index contributed by atoms with van der Waals surface area (Å²) >= 11 is 0. The number of benzene rings is 3. The fourth-order valence-electron chi connectivity index (χ4n) is 3.49. The highest BCUT2D eigenvalue weighted by molar-refractivity contribution is 6.15. The number of rotatable bonds is 4. The number of hydrogen-bond donors (Lipinski definition) is 0. The van der Waals surface area contributed by atoms with Crippen LogP contribution in [0.15, 0.2) is 94.2 Å². The van der Waals surface area contributed by atoms with Crippen molar-refractivity contribution >= 4 is 35.9 Å². The van der Waals surface area contributed by atoms with E-state index in [1.807, 2.05) is 62.4 Å². The molecule has 0 atom stereocenters. The summed E-state index contributed by atoms with van der Waals surface area (Å²) in [5, 5.41) is 0. The van der Waals surface area contributed by atoms with Gasteiger partial charge >= 0.3 is 11.9 Å². The second kappa shape index (κ2) is 8.75. The topological polar surface area (TPSA) is 77.3 Å². The molecule has 0 spiro atoms. The number of esters is 2. The van der Waals surface area contributed by atoms with E-state index in [1.54, 1.807) is 36.4 Å². The van der Waals surface area contributed by atoms with Crippen molar-refractivity contribution in [3.8, 4) is 0 Å². The number of aliphatic imine (C=N–C) groups is 2. The van der Waals surface area contributed by atoms with E-state index in [1.165, 1.54) is 0 Å². The third kappa shape index (κ3) is 4.47. The van der Waals surface area contributed by atoms with Gasteiger partial charge in [-0.3, -0.25) is 0 Å². The van der Waals surface area contributed by atoms with Crippen LogP contribution < -0.4 is 0 Å². The van der Waals surface area contributed by atoms with E-state index >= 15 is 0 Å².